The second-order valence-corrected chi connectivity index (χ2v) is 6.60. The van der Waals surface area contributed by atoms with Gasteiger partial charge in [-0.15, -0.1) is 0 Å². The van der Waals surface area contributed by atoms with Gasteiger partial charge in [0.2, 0.25) is 0 Å². The maximum Gasteiger partial charge on any atom is 0.317 e. The Balaban J connectivity index is 1.23. The fourth-order valence-corrected chi connectivity index (χ4v) is 2.85. The first-order chi connectivity index (χ1) is 13.6. The van der Waals surface area contributed by atoms with Crippen LogP contribution in [0, 0.1) is 12.7 Å². The van der Waals surface area contributed by atoms with Crippen LogP contribution in [0.4, 0.5) is 9.18 Å². The van der Waals surface area contributed by atoms with Crippen LogP contribution in [0.1, 0.15) is 11.4 Å². The molecular formula is C20H19FN4O3. The maximum absolute atomic E-state index is 12.9. The Hall–Kier alpha value is -3.42. The van der Waals surface area contributed by atoms with Crippen LogP contribution >= 0.6 is 0 Å². The topological polar surface area (TPSA) is 80.5 Å². The van der Waals surface area contributed by atoms with Crippen molar-refractivity contribution in [2.75, 3.05) is 13.1 Å². The fourth-order valence-electron chi connectivity index (χ4n) is 2.85. The first-order valence-corrected chi connectivity index (χ1v) is 8.91. The molecule has 0 radical (unpaired) electrons. The Kier molecular flexibility index (Phi) is 4.92. The number of aromatic nitrogens is 2. The Morgan fingerprint density at radius 2 is 1.93 bits per heavy atom. The number of halogens is 1. The zero-order valence-corrected chi connectivity index (χ0v) is 15.3. The lowest BCUT2D eigenvalue weighted by Crippen LogP contribution is -2.58. The number of hydrogen-bond donors (Lipinski definition) is 1. The first-order valence-electron chi connectivity index (χ1n) is 8.91. The molecule has 1 aliphatic heterocycles. The Morgan fingerprint density at radius 3 is 2.57 bits per heavy atom. The number of carbonyl (C=O) groups excluding carboxylic acids is 1. The highest BCUT2D eigenvalue weighted by Gasteiger charge is 2.32. The van der Waals surface area contributed by atoms with Crippen LogP contribution in [0.3, 0.4) is 0 Å². The van der Waals surface area contributed by atoms with E-state index in [1.54, 1.807) is 24.0 Å². The highest BCUT2D eigenvalue weighted by Crippen LogP contribution is 2.23. The van der Waals surface area contributed by atoms with Crippen LogP contribution in [-0.2, 0) is 6.54 Å². The van der Waals surface area contributed by atoms with Gasteiger partial charge in [0.25, 0.3) is 5.89 Å². The van der Waals surface area contributed by atoms with E-state index >= 15 is 0 Å². The van der Waals surface area contributed by atoms with Gasteiger partial charge in [-0.05, 0) is 48.9 Å². The maximum atomic E-state index is 12.9. The summed E-state index contributed by atoms with van der Waals surface area (Å²) in [6, 6.07) is 13.3. The lowest BCUT2D eigenvalue weighted by molar-refractivity contribution is 0.0443. The molecule has 0 aliphatic carbocycles. The van der Waals surface area contributed by atoms with E-state index in [0.29, 0.717) is 31.3 Å². The normalized spacial score (nSPS) is 13.9. The molecule has 0 unspecified atom stereocenters. The minimum absolute atomic E-state index is 0.0481. The highest BCUT2D eigenvalue weighted by atomic mass is 19.1. The second-order valence-electron chi connectivity index (χ2n) is 6.60. The molecule has 3 aromatic rings. The van der Waals surface area contributed by atoms with E-state index in [0.717, 1.165) is 16.9 Å². The van der Waals surface area contributed by atoms with Crippen molar-refractivity contribution in [1.82, 2.24) is 20.4 Å². The number of urea groups is 1. The lowest BCUT2D eigenvalue weighted by Gasteiger charge is -2.38. The summed E-state index contributed by atoms with van der Waals surface area (Å²) in [5, 5.41) is 6.59. The molecule has 28 heavy (non-hydrogen) atoms. The van der Waals surface area contributed by atoms with Gasteiger partial charge in [0, 0.05) is 12.1 Å². The summed E-state index contributed by atoms with van der Waals surface area (Å²) in [5.41, 5.74) is 1.67. The molecule has 8 heteroatoms. The van der Waals surface area contributed by atoms with E-state index in [2.05, 4.69) is 15.5 Å². The van der Waals surface area contributed by atoms with E-state index in [-0.39, 0.29) is 18.0 Å². The number of likely N-dealkylation sites (tertiary alicyclic amines) is 1. The summed E-state index contributed by atoms with van der Waals surface area (Å²) in [6.07, 6.45) is -0.0481. The summed E-state index contributed by atoms with van der Waals surface area (Å²) >= 11 is 0. The quantitative estimate of drug-likeness (QED) is 0.733. The summed E-state index contributed by atoms with van der Waals surface area (Å²) in [7, 11) is 0. The number of nitrogens with one attached hydrogen (secondary N) is 1. The monoisotopic (exact) mass is 382 g/mol. The molecule has 2 aromatic carbocycles. The predicted octanol–water partition coefficient (Wildman–Crippen LogP) is 3.16. The first kappa shape index (κ1) is 18.0. The number of amides is 2. The minimum Gasteiger partial charge on any atom is -0.487 e. The van der Waals surface area contributed by atoms with Crippen LogP contribution in [0.15, 0.2) is 53.1 Å². The van der Waals surface area contributed by atoms with Crippen molar-refractivity contribution >= 4 is 6.03 Å². The van der Waals surface area contributed by atoms with E-state index in [1.807, 2.05) is 24.3 Å². The van der Waals surface area contributed by atoms with E-state index in [9.17, 15) is 9.18 Å². The molecule has 4 rings (SSSR count). The smallest absolute Gasteiger partial charge is 0.317 e. The van der Waals surface area contributed by atoms with Crippen LogP contribution in [0.5, 0.6) is 5.75 Å². The number of aryl methyl sites for hydroxylation is 1. The molecular weight excluding hydrogens is 363 g/mol. The third-order valence-electron chi connectivity index (χ3n) is 4.42. The van der Waals surface area contributed by atoms with Gasteiger partial charge in [-0.3, -0.25) is 0 Å². The molecule has 7 nitrogen and oxygen atoms in total. The minimum atomic E-state index is -0.293. The van der Waals surface area contributed by atoms with Crippen LogP contribution < -0.4 is 10.1 Å². The number of carbonyl (C=O) groups is 1. The van der Waals surface area contributed by atoms with Gasteiger partial charge < -0.3 is 19.5 Å². The van der Waals surface area contributed by atoms with Crippen molar-refractivity contribution in [3.63, 3.8) is 0 Å². The molecule has 1 aromatic heterocycles. The molecule has 1 aliphatic rings. The Bertz CT molecular complexity index is 950. The van der Waals surface area contributed by atoms with Gasteiger partial charge in [-0.1, -0.05) is 17.3 Å². The molecule has 1 fully saturated rings. The fraction of sp³-hybridized carbons (Fsp3) is 0.250. The van der Waals surface area contributed by atoms with E-state index in [4.69, 9.17) is 9.26 Å². The highest BCUT2D eigenvalue weighted by molar-refractivity contribution is 5.75. The van der Waals surface area contributed by atoms with Crippen LogP contribution in [-0.4, -0.2) is 40.3 Å². The van der Waals surface area contributed by atoms with Crippen LogP contribution in [0.2, 0.25) is 0 Å². The molecule has 2 amide bonds. The number of nitrogens with zero attached hydrogens (tertiary/aromatic N) is 3. The van der Waals surface area contributed by atoms with Gasteiger partial charge in [0.1, 0.15) is 17.7 Å². The number of rotatable bonds is 5. The number of hydrogen-bond acceptors (Lipinski definition) is 5. The molecule has 0 spiro atoms. The number of ether oxygens (including phenoxy) is 1. The Labute approximate surface area is 161 Å². The third-order valence-corrected chi connectivity index (χ3v) is 4.42. The van der Waals surface area contributed by atoms with Crippen molar-refractivity contribution in [1.29, 1.82) is 0 Å². The lowest BCUT2D eigenvalue weighted by atomic mass is 10.1. The van der Waals surface area contributed by atoms with Crippen molar-refractivity contribution in [2.45, 2.75) is 19.6 Å². The van der Waals surface area contributed by atoms with Gasteiger partial charge in [-0.25, -0.2) is 9.18 Å². The van der Waals surface area contributed by atoms with Gasteiger partial charge in [0.05, 0.1) is 13.1 Å². The zero-order valence-electron chi connectivity index (χ0n) is 15.3. The second kappa shape index (κ2) is 7.67. The molecule has 0 atom stereocenters. The molecule has 0 saturated carbocycles. The van der Waals surface area contributed by atoms with Crippen molar-refractivity contribution in [2.24, 2.45) is 0 Å². The van der Waals surface area contributed by atoms with Gasteiger partial charge >= 0.3 is 6.03 Å². The largest absolute Gasteiger partial charge is 0.487 e. The predicted molar refractivity (Wildman–Crippen MR) is 99.1 cm³/mol. The molecule has 0 bridgehead atoms. The SMILES string of the molecule is Cc1noc(-c2ccc(OC3CN(C(=O)NCc4ccc(F)cc4)C3)cc2)n1. The number of benzene rings is 2. The van der Waals surface area contributed by atoms with E-state index < -0.39 is 0 Å². The zero-order chi connectivity index (χ0) is 19.5. The van der Waals surface area contributed by atoms with Gasteiger partial charge in [-0.2, -0.15) is 4.98 Å². The average molecular weight is 382 g/mol. The Morgan fingerprint density at radius 1 is 1.21 bits per heavy atom. The molecule has 144 valence electrons. The molecule has 2 heterocycles. The summed E-state index contributed by atoms with van der Waals surface area (Å²) in [6.45, 7) is 3.15. The summed E-state index contributed by atoms with van der Waals surface area (Å²) < 4.78 is 23.9. The van der Waals surface area contributed by atoms with Crippen LogP contribution in [0.25, 0.3) is 11.5 Å². The summed E-state index contributed by atoms with van der Waals surface area (Å²) in [4.78, 5) is 18.0. The van der Waals surface area contributed by atoms with E-state index in [1.165, 1.54) is 12.1 Å². The molecule has 1 N–H and O–H groups in total. The third kappa shape index (κ3) is 4.11. The molecule has 1 saturated heterocycles. The summed E-state index contributed by atoms with van der Waals surface area (Å²) in [5.74, 6) is 1.48. The van der Waals surface area contributed by atoms with Crippen molar-refractivity contribution < 1.29 is 18.4 Å². The average Bonchev–Trinajstić information content (AvgIpc) is 3.10. The van der Waals surface area contributed by atoms with Crippen molar-refractivity contribution in [3.8, 4) is 17.2 Å². The van der Waals surface area contributed by atoms with Gasteiger partial charge in [0.15, 0.2) is 5.82 Å². The van der Waals surface area contributed by atoms with Crippen molar-refractivity contribution in [3.05, 3.63) is 65.7 Å². The standard InChI is InChI=1S/C20H19FN4O3/c1-13-23-19(28-24-13)15-4-8-17(9-5-15)27-18-11-25(12-18)20(26)22-10-14-2-6-16(21)7-3-14/h2-9,18H,10-12H2,1H3,(H,22,26).